The van der Waals surface area contributed by atoms with E-state index in [1.54, 1.807) is 7.11 Å². The van der Waals surface area contributed by atoms with Crippen molar-refractivity contribution in [3.63, 3.8) is 0 Å². The van der Waals surface area contributed by atoms with Gasteiger partial charge in [-0.2, -0.15) is 0 Å². The molecule has 1 aromatic carbocycles. The lowest BCUT2D eigenvalue weighted by Crippen LogP contribution is -2.41. The van der Waals surface area contributed by atoms with Gasteiger partial charge in [0.25, 0.3) is 0 Å². The number of benzene rings is 1. The SMILES string of the molecule is Br.COc1cccc(C(CNC2=NCCCCN2)N(C)C)c1. The number of ether oxygens (including phenoxy) is 1. The van der Waals surface area contributed by atoms with Crippen LogP contribution < -0.4 is 15.4 Å². The number of hydrogen-bond acceptors (Lipinski definition) is 5. The molecule has 0 bridgehead atoms. The van der Waals surface area contributed by atoms with E-state index in [-0.39, 0.29) is 23.0 Å². The molecule has 0 aliphatic carbocycles. The molecule has 1 unspecified atom stereocenters. The van der Waals surface area contributed by atoms with E-state index in [1.807, 2.05) is 12.1 Å². The van der Waals surface area contributed by atoms with Crippen molar-refractivity contribution in [2.75, 3.05) is 40.8 Å². The van der Waals surface area contributed by atoms with Crippen LogP contribution in [0.3, 0.4) is 0 Å². The summed E-state index contributed by atoms with van der Waals surface area (Å²) in [6.45, 7) is 2.71. The first kappa shape index (κ1) is 18.8. The smallest absolute Gasteiger partial charge is 0.191 e. The fraction of sp³-hybridized carbons (Fsp3) is 0.562. The summed E-state index contributed by atoms with van der Waals surface area (Å²) in [6.07, 6.45) is 2.34. The molecule has 0 aromatic heterocycles. The maximum absolute atomic E-state index is 5.32. The highest BCUT2D eigenvalue weighted by molar-refractivity contribution is 8.93. The van der Waals surface area contributed by atoms with Gasteiger partial charge in [0.1, 0.15) is 5.75 Å². The summed E-state index contributed by atoms with van der Waals surface area (Å²) in [6, 6.07) is 8.51. The van der Waals surface area contributed by atoms with Gasteiger partial charge in [0.15, 0.2) is 5.96 Å². The van der Waals surface area contributed by atoms with Gasteiger partial charge >= 0.3 is 0 Å². The summed E-state index contributed by atoms with van der Waals surface area (Å²) in [5.74, 6) is 1.81. The molecule has 0 saturated heterocycles. The summed E-state index contributed by atoms with van der Waals surface area (Å²) < 4.78 is 5.32. The van der Waals surface area contributed by atoms with Gasteiger partial charge in [0, 0.05) is 19.6 Å². The van der Waals surface area contributed by atoms with Crippen molar-refractivity contribution in [1.82, 2.24) is 15.5 Å². The van der Waals surface area contributed by atoms with Gasteiger partial charge in [-0.1, -0.05) is 12.1 Å². The van der Waals surface area contributed by atoms with Crippen molar-refractivity contribution in [1.29, 1.82) is 0 Å². The van der Waals surface area contributed by atoms with Crippen LogP contribution in [0, 0.1) is 0 Å². The molecule has 22 heavy (non-hydrogen) atoms. The molecule has 1 aliphatic heterocycles. The number of aliphatic imine (C=N–C) groups is 1. The highest BCUT2D eigenvalue weighted by Gasteiger charge is 2.15. The highest BCUT2D eigenvalue weighted by atomic mass is 79.9. The van der Waals surface area contributed by atoms with Gasteiger partial charge in [-0.3, -0.25) is 4.99 Å². The lowest BCUT2D eigenvalue weighted by Gasteiger charge is -2.26. The molecule has 0 amide bonds. The van der Waals surface area contributed by atoms with Gasteiger partial charge in [0.05, 0.1) is 13.2 Å². The molecule has 0 spiro atoms. The van der Waals surface area contributed by atoms with E-state index in [1.165, 1.54) is 12.0 Å². The number of likely N-dealkylation sites (N-methyl/N-ethyl adjacent to an activating group) is 1. The van der Waals surface area contributed by atoms with Crippen LogP contribution in [0.5, 0.6) is 5.75 Å². The van der Waals surface area contributed by atoms with Crippen molar-refractivity contribution in [3.8, 4) is 5.75 Å². The molecular weight excluding hydrogens is 344 g/mol. The topological polar surface area (TPSA) is 48.9 Å². The number of halogens is 1. The van der Waals surface area contributed by atoms with Crippen LogP contribution >= 0.6 is 17.0 Å². The zero-order valence-corrected chi connectivity index (χ0v) is 15.3. The van der Waals surface area contributed by atoms with E-state index in [4.69, 9.17) is 4.74 Å². The number of nitrogens with zero attached hydrogens (tertiary/aromatic N) is 2. The van der Waals surface area contributed by atoms with Crippen LogP contribution in [0.25, 0.3) is 0 Å². The largest absolute Gasteiger partial charge is 0.497 e. The lowest BCUT2D eigenvalue weighted by molar-refractivity contribution is 0.297. The van der Waals surface area contributed by atoms with E-state index in [2.05, 4.69) is 46.8 Å². The molecule has 0 saturated carbocycles. The van der Waals surface area contributed by atoms with Crippen molar-refractivity contribution in [2.24, 2.45) is 4.99 Å². The molecular formula is C16H27BrN4O. The Balaban J connectivity index is 0.00000242. The van der Waals surface area contributed by atoms with Crippen molar-refractivity contribution in [2.45, 2.75) is 18.9 Å². The summed E-state index contributed by atoms with van der Waals surface area (Å²) >= 11 is 0. The third kappa shape index (κ3) is 5.50. The van der Waals surface area contributed by atoms with E-state index >= 15 is 0 Å². The van der Waals surface area contributed by atoms with E-state index in [9.17, 15) is 0 Å². The van der Waals surface area contributed by atoms with Gasteiger partial charge in [-0.25, -0.2) is 0 Å². The number of nitrogens with one attached hydrogen (secondary N) is 2. The average molecular weight is 371 g/mol. The van der Waals surface area contributed by atoms with Crippen molar-refractivity contribution >= 4 is 22.9 Å². The normalized spacial score (nSPS) is 15.9. The Morgan fingerprint density at radius 3 is 2.91 bits per heavy atom. The first-order valence-electron chi connectivity index (χ1n) is 7.53. The van der Waals surface area contributed by atoms with Crippen LogP contribution in [0.4, 0.5) is 0 Å². The second-order valence-electron chi connectivity index (χ2n) is 5.50. The van der Waals surface area contributed by atoms with E-state index < -0.39 is 0 Å². The molecule has 2 rings (SSSR count). The Morgan fingerprint density at radius 2 is 2.18 bits per heavy atom. The zero-order chi connectivity index (χ0) is 15.1. The summed E-state index contributed by atoms with van der Waals surface area (Å²) in [5.41, 5.74) is 1.24. The van der Waals surface area contributed by atoms with Crippen molar-refractivity contribution in [3.05, 3.63) is 29.8 Å². The maximum Gasteiger partial charge on any atom is 0.191 e. The molecule has 1 heterocycles. The summed E-state index contributed by atoms with van der Waals surface area (Å²) in [7, 11) is 5.88. The Bertz CT molecular complexity index is 479. The molecule has 0 radical (unpaired) electrons. The predicted octanol–water partition coefficient (Wildman–Crippen LogP) is 2.20. The predicted molar refractivity (Wildman–Crippen MR) is 97.3 cm³/mol. The molecule has 1 atom stereocenters. The van der Waals surface area contributed by atoms with E-state index in [0.717, 1.165) is 37.8 Å². The van der Waals surface area contributed by atoms with Crippen LogP contribution in [0.1, 0.15) is 24.4 Å². The van der Waals surface area contributed by atoms with Crippen LogP contribution in [-0.2, 0) is 0 Å². The number of rotatable bonds is 5. The van der Waals surface area contributed by atoms with Crippen LogP contribution in [0.2, 0.25) is 0 Å². The zero-order valence-electron chi connectivity index (χ0n) is 13.6. The molecule has 1 aromatic rings. The molecule has 1 aliphatic rings. The molecule has 0 fully saturated rings. The Morgan fingerprint density at radius 1 is 1.36 bits per heavy atom. The average Bonchev–Trinajstić information content (AvgIpc) is 2.76. The molecule has 2 N–H and O–H groups in total. The van der Waals surface area contributed by atoms with E-state index in [0.29, 0.717) is 0 Å². The summed E-state index contributed by atoms with van der Waals surface area (Å²) in [4.78, 5) is 6.74. The first-order valence-corrected chi connectivity index (χ1v) is 7.53. The van der Waals surface area contributed by atoms with Gasteiger partial charge in [-0.05, 0) is 44.6 Å². The Kier molecular flexibility index (Phi) is 8.27. The third-order valence-electron chi connectivity index (χ3n) is 3.71. The van der Waals surface area contributed by atoms with Gasteiger partial charge in [-0.15, -0.1) is 17.0 Å². The maximum atomic E-state index is 5.32. The molecule has 5 nitrogen and oxygen atoms in total. The van der Waals surface area contributed by atoms with Gasteiger partial charge < -0.3 is 20.3 Å². The van der Waals surface area contributed by atoms with Crippen molar-refractivity contribution < 1.29 is 4.74 Å². The van der Waals surface area contributed by atoms with Crippen LogP contribution in [0.15, 0.2) is 29.3 Å². The highest BCUT2D eigenvalue weighted by Crippen LogP contribution is 2.22. The first-order chi connectivity index (χ1) is 10.2. The second-order valence-corrected chi connectivity index (χ2v) is 5.50. The fourth-order valence-electron chi connectivity index (χ4n) is 2.45. The monoisotopic (exact) mass is 370 g/mol. The standard InChI is InChI=1S/C16H26N4O.BrH/c1-20(2)15(13-7-6-8-14(11-13)21-3)12-19-16-17-9-4-5-10-18-16;/h6-8,11,15H,4-5,9-10,12H2,1-3H3,(H2,17,18,19);1H. The minimum atomic E-state index is 0. The minimum Gasteiger partial charge on any atom is -0.497 e. The Labute approximate surface area is 143 Å². The number of guanidine groups is 1. The third-order valence-corrected chi connectivity index (χ3v) is 3.71. The number of hydrogen-bond donors (Lipinski definition) is 2. The minimum absolute atomic E-state index is 0. The molecule has 6 heteroatoms. The molecule has 124 valence electrons. The van der Waals surface area contributed by atoms with Crippen LogP contribution in [-0.4, -0.2) is 51.7 Å². The lowest BCUT2D eigenvalue weighted by atomic mass is 10.1. The summed E-state index contributed by atoms with van der Waals surface area (Å²) in [5, 5.41) is 6.78. The quantitative estimate of drug-likeness (QED) is 0.833. The Hall–Kier alpha value is -1.27. The fourth-order valence-corrected chi connectivity index (χ4v) is 2.45. The second kappa shape index (κ2) is 9.69. The van der Waals surface area contributed by atoms with Gasteiger partial charge in [0.2, 0.25) is 0 Å². The number of methoxy groups -OCH3 is 1.